The van der Waals surface area contributed by atoms with Crippen molar-refractivity contribution in [2.75, 3.05) is 5.32 Å². The zero-order valence-electron chi connectivity index (χ0n) is 13.1. The molecular formula is C16H12F5N3S. The molecule has 2 aromatic rings. The zero-order valence-corrected chi connectivity index (χ0v) is 13.9. The predicted molar refractivity (Wildman–Crippen MR) is 89.1 cm³/mol. The summed E-state index contributed by atoms with van der Waals surface area (Å²) in [5.74, 6) is -10.3. The van der Waals surface area contributed by atoms with E-state index in [1.165, 1.54) is 0 Å². The Morgan fingerprint density at radius 2 is 1.40 bits per heavy atom. The smallest absolute Gasteiger partial charge is 0.200 e. The van der Waals surface area contributed by atoms with E-state index in [1.54, 1.807) is 0 Å². The van der Waals surface area contributed by atoms with Crippen molar-refractivity contribution in [3.63, 3.8) is 0 Å². The van der Waals surface area contributed by atoms with Crippen LogP contribution in [-0.2, 0) is 0 Å². The molecule has 132 valence electrons. The topological polar surface area (TPSA) is 36.4 Å². The number of anilines is 1. The number of hydrogen-bond acceptors (Lipinski definition) is 2. The molecule has 3 nitrogen and oxygen atoms in total. The average Bonchev–Trinajstić information content (AvgIpc) is 2.58. The summed E-state index contributed by atoms with van der Waals surface area (Å²) in [4.78, 5) is 0. The molecule has 0 fully saturated rings. The predicted octanol–water partition coefficient (Wildman–Crippen LogP) is 4.32. The van der Waals surface area contributed by atoms with Crippen LogP contribution in [0.3, 0.4) is 0 Å². The van der Waals surface area contributed by atoms with Gasteiger partial charge in [0.25, 0.3) is 0 Å². The Morgan fingerprint density at radius 3 is 1.92 bits per heavy atom. The molecule has 0 aromatic heterocycles. The van der Waals surface area contributed by atoms with Crippen LogP contribution >= 0.6 is 12.2 Å². The normalized spacial score (nSPS) is 11.0. The number of hydrazone groups is 1. The Hall–Kier alpha value is -2.55. The lowest BCUT2D eigenvalue weighted by molar-refractivity contribution is 0.377. The van der Waals surface area contributed by atoms with Crippen molar-refractivity contribution in [2.24, 2.45) is 5.10 Å². The highest BCUT2D eigenvalue weighted by atomic mass is 32.1. The summed E-state index contributed by atoms with van der Waals surface area (Å²) in [6.45, 7) is 3.69. The highest BCUT2D eigenvalue weighted by Gasteiger charge is 2.24. The largest absolute Gasteiger partial charge is 0.331 e. The first-order valence-electron chi connectivity index (χ1n) is 6.91. The van der Waals surface area contributed by atoms with E-state index in [2.05, 4.69) is 15.8 Å². The van der Waals surface area contributed by atoms with Crippen LogP contribution in [0.2, 0.25) is 0 Å². The van der Waals surface area contributed by atoms with Gasteiger partial charge in [0.15, 0.2) is 28.4 Å². The Morgan fingerprint density at radius 1 is 0.920 bits per heavy atom. The maximum Gasteiger partial charge on any atom is 0.200 e. The number of para-hydroxylation sites is 1. The number of rotatable bonds is 3. The van der Waals surface area contributed by atoms with E-state index in [1.807, 2.05) is 32.0 Å². The summed E-state index contributed by atoms with van der Waals surface area (Å²) in [5, 5.41) is 6.24. The van der Waals surface area contributed by atoms with Gasteiger partial charge in [0.2, 0.25) is 5.82 Å². The van der Waals surface area contributed by atoms with E-state index < -0.39 is 34.6 Å². The Bertz CT molecular complexity index is 818. The molecule has 25 heavy (non-hydrogen) atoms. The monoisotopic (exact) mass is 373 g/mol. The minimum Gasteiger partial charge on any atom is -0.331 e. The number of nitrogens with one attached hydrogen (secondary N) is 2. The molecule has 0 amide bonds. The second-order valence-corrected chi connectivity index (χ2v) is 5.48. The van der Waals surface area contributed by atoms with Crippen LogP contribution in [0.4, 0.5) is 27.6 Å². The van der Waals surface area contributed by atoms with Gasteiger partial charge in [-0.05, 0) is 37.2 Å². The lowest BCUT2D eigenvalue weighted by Gasteiger charge is -2.12. The van der Waals surface area contributed by atoms with E-state index in [0.717, 1.165) is 11.1 Å². The molecule has 0 radical (unpaired) electrons. The molecule has 0 aliphatic heterocycles. The third kappa shape index (κ3) is 3.93. The number of nitrogens with zero attached hydrogens (tertiary/aromatic N) is 1. The number of aryl methyl sites for hydroxylation is 2. The van der Waals surface area contributed by atoms with Gasteiger partial charge in [0.05, 0.1) is 11.8 Å². The van der Waals surface area contributed by atoms with Crippen LogP contribution in [0.1, 0.15) is 16.7 Å². The van der Waals surface area contributed by atoms with Crippen molar-refractivity contribution in [3.8, 4) is 0 Å². The second-order valence-electron chi connectivity index (χ2n) is 5.07. The second kappa shape index (κ2) is 7.56. The lowest BCUT2D eigenvalue weighted by Crippen LogP contribution is -2.25. The third-order valence-electron chi connectivity index (χ3n) is 3.32. The summed E-state index contributed by atoms with van der Waals surface area (Å²) in [5.41, 5.74) is 3.60. The first-order chi connectivity index (χ1) is 11.7. The quantitative estimate of drug-likeness (QED) is 0.210. The molecule has 9 heteroatoms. The molecular weight excluding hydrogens is 361 g/mol. The minimum absolute atomic E-state index is 0.0162. The summed E-state index contributed by atoms with van der Waals surface area (Å²) in [6, 6.07) is 5.54. The molecule has 0 aliphatic rings. The summed E-state index contributed by atoms with van der Waals surface area (Å²) in [6.07, 6.45) is 0.467. The molecule has 2 aromatic carbocycles. The molecule has 0 atom stereocenters. The zero-order chi connectivity index (χ0) is 18.7. The Kier molecular flexibility index (Phi) is 5.68. The fourth-order valence-corrected chi connectivity index (χ4v) is 2.20. The molecule has 2 N–H and O–H groups in total. The van der Waals surface area contributed by atoms with Gasteiger partial charge in [-0.2, -0.15) is 5.10 Å². The molecule has 0 bridgehead atoms. The maximum absolute atomic E-state index is 13.5. The van der Waals surface area contributed by atoms with Crippen molar-refractivity contribution in [1.82, 2.24) is 5.43 Å². The highest BCUT2D eigenvalue weighted by molar-refractivity contribution is 7.80. The van der Waals surface area contributed by atoms with Gasteiger partial charge in [-0.15, -0.1) is 0 Å². The minimum atomic E-state index is -2.23. The Balaban J connectivity index is 2.15. The van der Waals surface area contributed by atoms with Gasteiger partial charge in [0, 0.05) is 5.69 Å². The summed E-state index contributed by atoms with van der Waals surface area (Å²) >= 11 is 4.98. The van der Waals surface area contributed by atoms with Crippen molar-refractivity contribution < 1.29 is 22.0 Å². The molecule has 0 saturated carbocycles. The van der Waals surface area contributed by atoms with Gasteiger partial charge in [-0.3, -0.25) is 5.43 Å². The number of thiocarbonyl (C=S) groups is 1. The Labute approximate surface area is 145 Å². The van der Waals surface area contributed by atoms with Crippen molar-refractivity contribution >= 4 is 29.2 Å². The van der Waals surface area contributed by atoms with E-state index in [-0.39, 0.29) is 5.11 Å². The number of hydrogen-bond donors (Lipinski definition) is 2. The van der Waals surface area contributed by atoms with Crippen molar-refractivity contribution in [1.29, 1.82) is 0 Å². The van der Waals surface area contributed by atoms with Gasteiger partial charge < -0.3 is 5.32 Å². The van der Waals surface area contributed by atoms with Crippen LogP contribution < -0.4 is 10.7 Å². The summed E-state index contributed by atoms with van der Waals surface area (Å²) in [7, 11) is 0. The molecule has 2 rings (SSSR count). The fraction of sp³-hybridized carbons (Fsp3) is 0.125. The average molecular weight is 373 g/mol. The van der Waals surface area contributed by atoms with E-state index in [4.69, 9.17) is 12.2 Å². The van der Waals surface area contributed by atoms with E-state index in [0.29, 0.717) is 11.9 Å². The SMILES string of the molecule is Cc1cccc(C)c1NC(=S)N/N=C\c1c(F)c(F)c(F)c(F)c1F. The molecule has 0 heterocycles. The van der Waals surface area contributed by atoms with Crippen molar-refractivity contribution in [3.05, 3.63) is 64.0 Å². The van der Waals surface area contributed by atoms with Gasteiger partial charge in [-0.25, -0.2) is 22.0 Å². The van der Waals surface area contributed by atoms with Gasteiger partial charge in [-0.1, -0.05) is 18.2 Å². The number of halogens is 5. The lowest BCUT2D eigenvalue weighted by atomic mass is 10.1. The first kappa shape index (κ1) is 18.8. The van der Waals surface area contributed by atoms with E-state index >= 15 is 0 Å². The van der Waals surface area contributed by atoms with Crippen LogP contribution in [0, 0.1) is 42.9 Å². The van der Waals surface area contributed by atoms with Gasteiger partial charge >= 0.3 is 0 Å². The standard InChI is InChI=1S/C16H12F5N3S/c1-7-4-3-5-8(2)15(7)23-16(25)24-22-6-9-10(17)12(19)14(21)13(20)11(9)18/h3-6H,1-2H3,(H2,23,24,25)/b22-6-. The molecule has 0 spiro atoms. The fourth-order valence-electron chi connectivity index (χ4n) is 2.04. The van der Waals surface area contributed by atoms with Crippen LogP contribution in [-0.4, -0.2) is 11.3 Å². The van der Waals surface area contributed by atoms with Crippen LogP contribution in [0.25, 0.3) is 0 Å². The summed E-state index contributed by atoms with van der Waals surface area (Å²) < 4.78 is 66.1. The maximum atomic E-state index is 13.5. The van der Waals surface area contributed by atoms with Crippen LogP contribution in [0.5, 0.6) is 0 Å². The van der Waals surface area contributed by atoms with Crippen LogP contribution in [0.15, 0.2) is 23.3 Å². The third-order valence-corrected chi connectivity index (χ3v) is 3.52. The highest BCUT2D eigenvalue weighted by Crippen LogP contribution is 2.22. The van der Waals surface area contributed by atoms with E-state index in [9.17, 15) is 22.0 Å². The molecule has 0 unspecified atom stereocenters. The van der Waals surface area contributed by atoms with Crippen molar-refractivity contribution in [2.45, 2.75) is 13.8 Å². The van der Waals surface area contributed by atoms with Gasteiger partial charge in [0.1, 0.15) is 0 Å². The molecule has 0 saturated heterocycles. The molecule has 0 aliphatic carbocycles. The number of benzene rings is 2. The first-order valence-corrected chi connectivity index (χ1v) is 7.32.